The summed E-state index contributed by atoms with van der Waals surface area (Å²) in [5.74, 6) is -0.624. The third kappa shape index (κ3) is 3.56. The maximum absolute atomic E-state index is 11.1. The van der Waals surface area contributed by atoms with Crippen LogP contribution in [0.2, 0.25) is 0 Å². The standard InChI is InChI=1S/C10H13N3O3/c1-12(2)9-5-3-4-8(6-9)11-10(14)7-13(15)16/h3-6H,7H2,1-2H3,(H,11,14). The molecule has 1 N–H and O–H groups in total. The number of nitro groups is 1. The molecule has 0 radical (unpaired) electrons. The van der Waals surface area contributed by atoms with E-state index in [9.17, 15) is 14.9 Å². The molecule has 0 saturated heterocycles. The van der Waals surface area contributed by atoms with Gasteiger partial charge in [-0.25, -0.2) is 0 Å². The van der Waals surface area contributed by atoms with Crippen molar-refractivity contribution in [3.8, 4) is 0 Å². The highest BCUT2D eigenvalue weighted by molar-refractivity contribution is 5.92. The first-order valence-corrected chi connectivity index (χ1v) is 4.68. The maximum Gasteiger partial charge on any atom is 0.296 e. The number of hydrogen-bond acceptors (Lipinski definition) is 4. The summed E-state index contributed by atoms with van der Waals surface area (Å²) >= 11 is 0. The first kappa shape index (κ1) is 12.0. The van der Waals surface area contributed by atoms with Crippen LogP contribution >= 0.6 is 0 Å². The van der Waals surface area contributed by atoms with Gasteiger partial charge in [-0.1, -0.05) is 6.07 Å². The minimum atomic E-state index is -0.716. The lowest BCUT2D eigenvalue weighted by Crippen LogP contribution is -2.21. The Labute approximate surface area is 93.0 Å². The van der Waals surface area contributed by atoms with E-state index >= 15 is 0 Å². The number of amides is 1. The second-order valence-electron chi connectivity index (χ2n) is 3.48. The first-order valence-electron chi connectivity index (χ1n) is 4.68. The fourth-order valence-corrected chi connectivity index (χ4v) is 1.18. The average molecular weight is 223 g/mol. The summed E-state index contributed by atoms with van der Waals surface area (Å²) in [4.78, 5) is 22.5. The van der Waals surface area contributed by atoms with Gasteiger partial charge in [-0.15, -0.1) is 0 Å². The van der Waals surface area contributed by atoms with E-state index in [4.69, 9.17) is 0 Å². The first-order chi connectivity index (χ1) is 7.49. The van der Waals surface area contributed by atoms with Crippen LogP contribution in [-0.2, 0) is 4.79 Å². The third-order valence-corrected chi connectivity index (χ3v) is 1.92. The third-order valence-electron chi connectivity index (χ3n) is 1.92. The van der Waals surface area contributed by atoms with E-state index in [0.29, 0.717) is 5.69 Å². The Morgan fingerprint density at radius 3 is 2.75 bits per heavy atom. The minimum Gasteiger partial charge on any atom is -0.378 e. The largest absolute Gasteiger partial charge is 0.378 e. The number of benzene rings is 1. The normalized spacial score (nSPS) is 9.62. The van der Waals surface area contributed by atoms with E-state index in [1.165, 1.54) is 0 Å². The number of nitrogens with zero attached hydrogens (tertiary/aromatic N) is 2. The lowest BCUT2D eigenvalue weighted by molar-refractivity contribution is -0.467. The van der Waals surface area contributed by atoms with Gasteiger partial charge in [0.15, 0.2) is 0 Å². The molecule has 0 bridgehead atoms. The highest BCUT2D eigenvalue weighted by atomic mass is 16.6. The SMILES string of the molecule is CN(C)c1cccc(NC(=O)C[N+](=O)[O-])c1. The average Bonchev–Trinajstić information content (AvgIpc) is 2.16. The molecule has 0 saturated carbocycles. The summed E-state index contributed by atoms with van der Waals surface area (Å²) in [6, 6.07) is 7.09. The number of anilines is 2. The highest BCUT2D eigenvalue weighted by Gasteiger charge is 2.09. The fraction of sp³-hybridized carbons (Fsp3) is 0.300. The van der Waals surface area contributed by atoms with Crippen LogP contribution in [0.4, 0.5) is 11.4 Å². The topological polar surface area (TPSA) is 75.5 Å². The quantitative estimate of drug-likeness (QED) is 0.609. The van der Waals surface area contributed by atoms with Crippen molar-refractivity contribution in [2.45, 2.75) is 0 Å². The molecule has 6 heteroatoms. The van der Waals surface area contributed by atoms with Crippen LogP contribution in [0.25, 0.3) is 0 Å². The molecule has 1 aromatic carbocycles. The molecule has 0 fully saturated rings. The van der Waals surface area contributed by atoms with E-state index in [1.807, 2.05) is 25.1 Å². The molecular weight excluding hydrogens is 210 g/mol. The molecule has 0 aliphatic heterocycles. The number of hydrogen-bond donors (Lipinski definition) is 1. The van der Waals surface area contributed by atoms with Gasteiger partial charge in [-0.05, 0) is 18.2 Å². The van der Waals surface area contributed by atoms with Gasteiger partial charge < -0.3 is 10.2 Å². The number of carbonyl (C=O) groups is 1. The molecule has 0 aromatic heterocycles. The van der Waals surface area contributed by atoms with E-state index in [-0.39, 0.29) is 0 Å². The Kier molecular flexibility index (Phi) is 3.82. The zero-order valence-corrected chi connectivity index (χ0v) is 9.14. The summed E-state index contributed by atoms with van der Waals surface area (Å²) in [7, 11) is 3.75. The molecule has 0 spiro atoms. The Hall–Kier alpha value is -2.11. The number of carbonyl (C=O) groups excluding carboxylic acids is 1. The van der Waals surface area contributed by atoms with Crippen molar-refractivity contribution in [1.82, 2.24) is 0 Å². The van der Waals surface area contributed by atoms with Crippen LogP contribution in [0.5, 0.6) is 0 Å². The zero-order chi connectivity index (χ0) is 12.1. The van der Waals surface area contributed by atoms with Gasteiger partial charge >= 0.3 is 0 Å². The summed E-state index contributed by atoms with van der Waals surface area (Å²) in [5.41, 5.74) is 1.47. The van der Waals surface area contributed by atoms with E-state index in [2.05, 4.69) is 5.32 Å². The Morgan fingerprint density at radius 2 is 2.19 bits per heavy atom. The van der Waals surface area contributed by atoms with Crippen molar-refractivity contribution in [1.29, 1.82) is 0 Å². The summed E-state index contributed by atoms with van der Waals surface area (Å²) in [5, 5.41) is 12.6. The molecule has 6 nitrogen and oxygen atoms in total. The maximum atomic E-state index is 11.1. The van der Waals surface area contributed by atoms with E-state index < -0.39 is 17.4 Å². The molecule has 16 heavy (non-hydrogen) atoms. The Bertz CT molecular complexity index is 404. The van der Waals surface area contributed by atoms with Crippen LogP contribution in [-0.4, -0.2) is 31.5 Å². The molecule has 0 aliphatic carbocycles. The van der Waals surface area contributed by atoms with Crippen molar-refractivity contribution in [3.05, 3.63) is 34.4 Å². The van der Waals surface area contributed by atoms with Crippen molar-refractivity contribution < 1.29 is 9.72 Å². The second-order valence-corrected chi connectivity index (χ2v) is 3.48. The van der Waals surface area contributed by atoms with Gasteiger partial charge in [0, 0.05) is 30.4 Å². The molecule has 1 amide bonds. The van der Waals surface area contributed by atoms with Crippen molar-refractivity contribution in [2.24, 2.45) is 0 Å². The van der Waals surface area contributed by atoms with Crippen molar-refractivity contribution in [2.75, 3.05) is 30.9 Å². The highest BCUT2D eigenvalue weighted by Crippen LogP contribution is 2.16. The summed E-state index contributed by atoms with van der Waals surface area (Å²) in [6.45, 7) is -0.716. The van der Waals surface area contributed by atoms with Crippen LogP contribution in [0.15, 0.2) is 24.3 Å². The van der Waals surface area contributed by atoms with E-state index in [0.717, 1.165) is 5.69 Å². The van der Waals surface area contributed by atoms with Crippen LogP contribution in [0.3, 0.4) is 0 Å². The fourth-order valence-electron chi connectivity index (χ4n) is 1.18. The second kappa shape index (κ2) is 5.11. The zero-order valence-electron chi connectivity index (χ0n) is 9.14. The number of nitrogens with one attached hydrogen (secondary N) is 1. The van der Waals surface area contributed by atoms with Gasteiger partial charge in [-0.3, -0.25) is 14.9 Å². The Morgan fingerprint density at radius 1 is 1.50 bits per heavy atom. The number of rotatable bonds is 4. The van der Waals surface area contributed by atoms with Gasteiger partial charge in [0.2, 0.25) is 0 Å². The van der Waals surface area contributed by atoms with Crippen LogP contribution in [0.1, 0.15) is 0 Å². The van der Waals surface area contributed by atoms with Gasteiger partial charge in [0.25, 0.3) is 12.5 Å². The lowest BCUT2D eigenvalue weighted by atomic mass is 10.2. The van der Waals surface area contributed by atoms with Crippen molar-refractivity contribution in [3.63, 3.8) is 0 Å². The van der Waals surface area contributed by atoms with E-state index in [1.54, 1.807) is 18.2 Å². The predicted octanol–water partition coefficient (Wildman–Crippen LogP) is 0.968. The predicted molar refractivity (Wildman–Crippen MR) is 61.3 cm³/mol. The Balaban J connectivity index is 2.70. The van der Waals surface area contributed by atoms with Gasteiger partial charge in [0.05, 0.1) is 0 Å². The van der Waals surface area contributed by atoms with Crippen molar-refractivity contribution >= 4 is 17.3 Å². The molecule has 0 atom stereocenters. The molecule has 0 aliphatic rings. The monoisotopic (exact) mass is 223 g/mol. The summed E-state index contributed by atoms with van der Waals surface area (Å²) in [6.07, 6.45) is 0. The van der Waals surface area contributed by atoms with Gasteiger partial charge in [0.1, 0.15) is 0 Å². The summed E-state index contributed by atoms with van der Waals surface area (Å²) < 4.78 is 0. The molecule has 1 aromatic rings. The molecule has 0 heterocycles. The van der Waals surface area contributed by atoms with Gasteiger partial charge in [-0.2, -0.15) is 0 Å². The molecule has 86 valence electrons. The molecule has 0 unspecified atom stereocenters. The lowest BCUT2D eigenvalue weighted by Gasteiger charge is -2.13. The smallest absolute Gasteiger partial charge is 0.296 e. The van der Waals surface area contributed by atoms with Crippen LogP contribution < -0.4 is 10.2 Å². The molecule has 1 rings (SSSR count). The van der Waals surface area contributed by atoms with Crippen LogP contribution in [0, 0.1) is 10.1 Å². The minimum absolute atomic E-state index is 0.554. The molecular formula is C10H13N3O3.